The number of unbranched alkanes of at least 4 members (excludes halogenated alkanes) is 1. The summed E-state index contributed by atoms with van der Waals surface area (Å²) in [5.41, 5.74) is 0.712. The SMILES string of the molecule is CCCCOc1ccc(OC)cc1NC(=O)c1ccccc1O. The molecule has 0 unspecified atom stereocenters. The number of hydrogen-bond acceptors (Lipinski definition) is 4. The largest absolute Gasteiger partial charge is 0.507 e. The van der Waals surface area contributed by atoms with E-state index in [-0.39, 0.29) is 11.3 Å². The van der Waals surface area contributed by atoms with Crippen molar-refractivity contribution in [2.24, 2.45) is 0 Å². The summed E-state index contributed by atoms with van der Waals surface area (Å²) in [6.07, 6.45) is 1.95. The fourth-order valence-electron chi connectivity index (χ4n) is 2.04. The van der Waals surface area contributed by atoms with Crippen LogP contribution in [0.1, 0.15) is 30.1 Å². The van der Waals surface area contributed by atoms with Crippen LogP contribution in [-0.2, 0) is 0 Å². The Labute approximate surface area is 135 Å². The summed E-state index contributed by atoms with van der Waals surface area (Å²) in [5, 5.41) is 12.6. The van der Waals surface area contributed by atoms with Gasteiger partial charge >= 0.3 is 0 Å². The second-order valence-corrected chi connectivity index (χ2v) is 5.04. The minimum Gasteiger partial charge on any atom is -0.507 e. The predicted molar refractivity (Wildman–Crippen MR) is 89.5 cm³/mol. The Morgan fingerprint density at radius 2 is 2.00 bits per heavy atom. The topological polar surface area (TPSA) is 67.8 Å². The number of benzene rings is 2. The van der Waals surface area contributed by atoms with Crippen LogP contribution in [-0.4, -0.2) is 24.7 Å². The maximum Gasteiger partial charge on any atom is 0.259 e. The number of phenolic OH excluding ortho intramolecular Hbond substituents is 1. The molecule has 2 aromatic rings. The molecule has 0 aliphatic rings. The third kappa shape index (κ3) is 4.39. The highest BCUT2D eigenvalue weighted by atomic mass is 16.5. The molecule has 0 aromatic heterocycles. The molecule has 0 radical (unpaired) electrons. The number of nitrogens with one attached hydrogen (secondary N) is 1. The van der Waals surface area contributed by atoms with Gasteiger partial charge in [-0.05, 0) is 30.7 Å². The summed E-state index contributed by atoms with van der Waals surface area (Å²) in [6.45, 7) is 2.65. The Bertz CT molecular complexity index is 670. The number of carbonyl (C=O) groups excluding carboxylic acids is 1. The van der Waals surface area contributed by atoms with Crippen molar-refractivity contribution in [3.05, 3.63) is 48.0 Å². The van der Waals surface area contributed by atoms with Crippen LogP contribution in [0.15, 0.2) is 42.5 Å². The molecule has 0 atom stereocenters. The number of phenols is 1. The summed E-state index contributed by atoms with van der Waals surface area (Å²) >= 11 is 0. The van der Waals surface area contributed by atoms with Gasteiger partial charge in [-0.15, -0.1) is 0 Å². The Morgan fingerprint density at radius 3 is 2.70 bits per heavy atom. The van der Waals surface area contributed by atoms with Crippen molar-refractivity contribution in [1.29, 1.82) is 0 Å². The number of anilines is 1. The Balaban J connectivity index is 2.22. The lowest BCUT2D eigenvalue weighted by Gasteiger charge is -2.14. The van der Waals surface area contributed by atoms with Crippen molar-refractivity contribution in [2.45, 2.75) is 19.8 Å². The molecule has 0 saturated carbocycles. The first-order valence-corrected chi connectivity index (χ1v) is 7.56. The summed E-state index contributed by atoms with van der Waals surface area (Å²) in [5.74, 6) is 0.710. The Kier molecular flexibility index (Phi) is 5.86. The highest BCUT2D eigenvalue weighted by Gasteiger charge is 2.14. The third-order valence-electron chi connectivity index (χ3n) is 3.34. The normalized spacial score (nSPS) is 10.2. The van der Waals surface area contributed by atoms with Crippen molar-refractivity contribution in [2.75, 3.05) is 19.0 Å². The van der Waals surface area contributed by atoms with Crippen molar-refractivity contribution >= 4 is 11.6 Å². The van der Waals surface area contributed by atoms with Gasteiger partial charge < -0.3 is 19.9 Å². The van der Waals surface area contributed by atoms with Crippen molar-refractivity contribution in [3.63, 3.8) is 0 Å². The van der Waals surface area contributed by atoms with E-state index in [0.29, 0.717) is 23.8 Å². The molecule has 5 nitrogen and oxygen atoms in total. The fraction of sp³-hybridized carbons (Fsp3) is 0.278. The summed E-state index contributed by atoms with van der Waals surface area (Å²) in [4.78, 5) is 12.3. The van der Waals surface area contributed by atoms with E-state index in [0.717, 1.165) is 12.8 Å². The third-order valence-corrected chi connectivity index (χ3v) is 3.34. The number of methoxy groups -OCH3 is 1. The van der Waals surface area contributed by atoms with E-state index in [1.165, 1.54) is 6.07 Å². The number of para-hydroxylation sites is 1. The van der Waals surface area contributed by atoms with Crippen LogP contribution in [0.5, 0.6) is 17.2 Å². The number of rotatable bonds is 7. The van der Waals surface area contributed by atoms with Crippen LogP contribution in [0.25, 0.3) is 0 Å². The van der Waals surface area contributed by atoms with Crippen molar-refractivity contribution < 1.29 is 19.4 Å². The summed E-state index contributed by atoms with van der Waals surface area (Å²) in [7, 11) is 1.56. The maximum atomic E-state index is 12.3. The molecule has 2 aromatic carbocycles. The molecular formula is C18H21NO4. The molecule has 0 heterocycles. The molecule has 2 N–H and O–H groups in total. The van der Waals surface area contributed by atoms with Gasteiger partial charge in [0.05, 0.1) is 25.0 Å². The monoisotopic (exact) mass is 315 g/mol. The lowest BCUT2D eigenvalue weighted by atomic mass is 10.2. The minimum absolute atomic E-state index is 0.0682. The molecular weight excluding hydrogens is 294 g/mol. The molecule has 0 saturated heterocycles. The first-order valence-electron chi connectivity index (χ1n) is 7.56. The lowest BCUT2D eigenvalue weighted by molar-refractivity contribution is 0.102. The van der Waals surface area contributed by atoms with Gasteiger partial charge in [0.25, 0.3) is 5.91 Å². The Morgan fingerprint density at radius 1 is 1.22 bits per heavy atom. The van der Waals surface area contributed by atoms with E-state index < -0.39 is 5.91 Å². The van der Waals surface area contributed by atoms with Gasteiger partial charge in [-0.2, -0.15) is 0 Å². The quantitative estimate of drug-likeness (QED) is 0.762. The number of aromatic hydroxyl groups is 1. The van der Waals surface area contributed by atoms with Gasteiger partial charge in [-0.25, -0.2) is 0 Å². The van der Waals surface area contributed by atoms with Crippen LogP contribution in [0.4, 0.5) is 5.69 Å². The zero-order valence-electron chi connectivity index (χ0n) is 13.3. The Hall–Kier alpha value is -2.69. The number of carbonyl (C=O) groups is 1. The zero-order valence-corrected chi connectivity index (χ0v) is 13.3. The standard InChI is InChI=1S/C18H21NO4/c1-3-4-11-23-17-10-9-13(22-2)12-15(17)19-18(21)14-7-5-6-8-16(14)20/h5-10,12,20H,3-4,11H2,1-2H3,(H,19,21). The molecule has 0 aliphatic carbocycles. The number of amides is 1. The van der Waals surface area contributed by atoms with E-state index in [4.69, 9.17) is 9.47 Å². The van der Waals surface area contributed by atoms with E-state index in [9.17, 15) is 9.90 Å². The minimum atomic E-state index is -0.406. The zero-order chi connectivity index (χ0) is 16.7. The van der Waals surface area contributed by atoms with Crippen molar-refractivity contribution in [3.8, 4) is 17.2 Å². The molecule has 0 aliphatic heterocycles. The first-order chi connectivity index (χ1) is 11.2. The molecule has 1 amide bonds. The maximum absolute atomic E-state index is 12.3. The van der Waals surface area contributed by atoms with Crippen LogP contribution >= 0.6 is 0 Å². The second kappa shape index (κ2) is 8.08. The molecule has 5 heteroatoms. The lowest BCUT2D eigenvalue weighted by Crippen LogP contribution is -2.13. The van der Waals surface area contributed by atoms with Crippen LogP contribution in [0, 0.1) is 0 Å². The molecule has 2 rings (SSSR count). The van der Waals surface area contributed by atoms with E-state index in [2.05, 4.69) is 12.2 Å². The highest BCUT2D eigenvalue weighted by molar-refractivity contribution is 6.06. The van der Waals surface area contributed by atoms with Crippen LogP contribution < -0.4 is 14.8 Å². The second-order valence-electron chi connectivity index (χ2n) is 5.04. The van der Waals surface area contributed by atoms with Gasteiger partial charge in [-0.1, -0.05) is 25.5 Å². The summed E-state index contributed by atoms with van der Waals surface area (Å²) in [6, 6.07) is 11.6. The average Bonchev–Trinajstić information content (AvgIpc) is 2.56. The van der Waals surface area contributed by atoms with Gasteiger partial charge in [0.2, 0.25) is 0 Å². The van der Waals surface area contributed by atoms with E-state index in [1.54, 1.807) is 43.5 Å². The van der Waals surface area contributed by atoms with Crippen LogP contribution in [0.3, 0.4) is 0 Å². The predicted octanol–water partition coefficient (Wildman–Crippen LogP) is 3.83. The fourth-order valence-corrected chi connectivity index (χ4v) is 2.04. The van der Waals surface area contributed by atoms with Gasteiger partial charge in [-0.3, -0.25) is 4.79 Å². The molecule has 0 spiro atoms. The average molecular weight is 315 g/mol. The summed E-state index contributed by atoms with van der Waals surface area (Å²) < 4.78 is 10.9. The van der Waals surface area contributed by atoms with E-state index in [1.807, 2.05) is 0 Å². The smallest absolute Gasteiger partial charge is 0.259 e. The number of ether oxygens (including phenoxy) is 2. The van der Waals surface area contributed by atoms with Gasteiger partial charge in [0, 0.05) is 6.07 Å². The van der Waals surface area contributed by atoms with Crippen molar-refractivity contribution in [1.82, 2.24) is 0 Å². The highest BCUT2D eigenvalue weighted by Crippen LogP contribution is 2.30. The first kappa shape index (κ1) is 16.7. The molecule has 23 heavy (non-hydrogen) atoms. The molecule has 0 bridgehead atoms. The number of hydrogen-bond donors (Lipinski definition) is 2. The molecule has 122 valence electrons. The molecule has 0 fully saturated rings. The van der Waals surface area contributed by atoms with E-state index >= 15 is 0 Å². The van der Waals surface area contributed by atoms with Gasteiger partial charge in [0.1, 0.15) is 17.2 Å². The van der Waals surface area contributed by atoms with Gasteiger partial charge in [0.15, 0.2) is 0 Å². The van der Waals surface area contributed by atoms with Crippen LogP contribution in [0.2, 0.25) is 0 Å².